The minimum Gasteiger partial charge on any atom is -0.445 e. The molecule has 1 aliphatic rings. The first kappa shape index (κ1) is 24.0. The Bertz CT molecular complexity index is 1360. The van der Waals surface area contributed by atoms with Crippen LogP contribution in [0.1, 0.15) is 24.0 Å². The Balaban J connectivity index is 1.24. The number of benzene rings is 2. The van der Waals surface area contributed by atoms with Crippen molar-refractivity contribution in [3.8, 4) is 11.3 Å². The molecule has 1 unspecified atom stereocenters. The lowest BCUT2D eigenvalue weighted by Gasteiger charge is -2.22. The standard InChI is InChI=1S/C27H29N5O3S/c1-31(2)15-20-14-28-22-11-10-19(13-21(20)22)23-17-36-26(29-23)30-25(33)24-9-6-12-32(24)27(34)35-16-18-7-4-3-5-8-18/h3-5,7-8,10-11,13-14,17,24,28H,6,9,12,15-16H2,1-2H3,(H,29,30,33). The van der Waals surface area contributed by atoms with Crippen molar-refractivity contribution < 1.29 is 14.3 Å². The summed E-state index contributed by atoms with van der Waals surface area (Å²) in [4.78, 5) is 37.3. The average Bonchev–Trinajstić information content (AvgIpc) is 3.63. The molecule has 1 aliphatic heterocycles. The van der Waals surface area contributed by atoms with Crippen LogP contribution in [0.3, 0.4) is 0 Å². The van der Waals surface area contributed by atoms with Gasteiger partial charge in [-0.05, 0) is 50.2 Å². The van der Waals surface area contributed by atoms with Crippen LogP contribution in [0.25, 0.3) is 22.2 Å². The molecule has 1 atom stereocenters. The number of H-pyrrole nitrogens is 1. The lowest BCUT2D eigenvalue weighted by molar-refractivity contribution is -0.120. The van der Waals surface area contributed by atoms with Crippen LogP contribution in [0.15, 0.2) is 60.1 Å². The summed E-state index contributed by atoms with van der Waals surface area (Å²) in [6.07, 6.45) is 2.93. The number of rotatable bonds is 7. The number of fused-ring (bicyclic) bond motifs is 1. The first-order valence-corrected chi connectivity index (χ1v) is 12.8. The fraction of sp³-hybridized carbons (Fsp3) is 0.296. The van der Waals surface area contributed by atoms with Crippen LogP contribution in [-0.2, 0) is 22.7 Å². The molecule has 4 aromatic rings. The Kier molecular flexibility index (Phi) is 7.02. The van der Waals surface area contributed by atoms with Crippen molar-refractivity contribution in [2.45, 2.75) is 32.0 Å². The molecule has 36 heavy (non-hydrogen) atoms. The number of likely N-dealkylation sites (tertiary alicyclic amines) is 1. The summed E-state index contributed by atoms with van der Waals surface area (Å²) in [5.74, 6) is -0.237. The number of amides is 2. The molecule has 0 bridgehead atoms. The van der Waals surface area contributed by atoms with Crippen LogP contribution in [0.4, 0.5) is 9.93 Å². The maximum absolute atomic E-state index is 13.0. The Labute approximate surface area is 213 Å². The molecule has 186 valence electrons. The first-order valence-electron chi connectivity index (χ1n) is 12.0. The first-order chi connectivity index (χ1) is 17.5. The molecule has 2 amide bonds. The van der Waals surface area contributed by atoms with Gasteiger partial charge in [-0.15, -0.1) is 11.3 Å². The van der Waals surface area contributed by atoms with Gasteiger partial charge in [-0.25, -0.2) is 9.78 Å². The molecular weight excluding hydrogens is 474 g/mol. The highest BCUT2D eigenvalue weighted by molar-refractivity contribution is 7.14. The highest BCUT2D eigenvalue weighted by Crippen LogP contribution is 2.30. The van der Waals surface area contributed by atoms with E-state index in [0.29, 0.717) is 18.1 Å². The second kappa shape index (κ2) is 10.5. The van der Waals surface area contributed by atoms with Crippen LogP contribution in [-0.4, -0.2) is 58.5 Å². The number of carbonyl (C=O) groups is 2. The highest BCUT2D eigenvalue weighted by Gasteiger charge is 2.35. The van der Waals surface area contributed by atoms with E-state index in [1.165, 1.54) is 21.8 Å². The highest BCUT2D eigenvalue weighted by atomic mass is 32.1. The summed E-state index contributed by atoms with van der Waals surface area (Å²) in [7, 11) is 4.10. The van der Waals surface area contributed by atoms with E-state index in [2.05, 4.69) is 32.3 Å². The van der Waals surface area contributed by atoms with Crippen molar-refractivity contribution in [1.82, 2.24) is 19.8 Å². The van der Waals surface area contributed by atoms with Gasteiger partial charge in [-0.1, -0.05) is 36.4 Å². The Morgan fingerprint density at radius 3 is 2.86 bits per heavy atom. The molecule has 0 saturated carbocycles. The number of thiazole rings is 1. The van der Waals surface area contributed by atoms with Gasteiger partial charge in [0.15, 0.2) is 5.13 Å². The number of aromatic amines is 1. The number of nitrogens with one attached hydrogen (secondary N) is 2. The van der Waals surface area contributed by atoms with E-state index in [1.807, 2.05) is 62.1 Å². The topological polar surface area (TPSA) is 90.6 Å². The van der Waals surface area contributed by atoms with Crippen molar-refractivity contribution in [3.63, 3.8) is 0 Å². The van der Waals surface area contributed by atoms with Gasteiger partial charge in [-0.3, -0.25) is 9.69 Å². The van der Waals surface area contributed by atoms with Gasteiger partial charge in [0.1, 0.15) is 12.6 Å². The maximum Gasteiger partial charge on any atom is 0.410 e. The smallest absolute Gasteiger partial charge is 0.410 e. The van der Waals surface area contributed by atoms with E-state index < -0.39 is 12.1 Å². The second-order valence-electron chi connectivity index (χ2n) is 9.23. The largest absolute Gasteiger partial charge is 0.445 e. The summed E-state index contributed by atoms with van der Waals surface area (Å²) < 4.78 is 5.46. The summed E-state index contributed by atoms with van der Waals surface area (Å²) >= 11 is 1.38. The van der Waals surface area contributed by atoms with Crippen LogP contribution in [0.2, 0.25) is 0 Å². The summed E-state index contributed by atoms with van der Waals surface area (Å²) in [6.45, 7) is 1.52. The van der Waals surface area contributed by atoms with Crippen LogP contribution >= 0.6 is 11.3 Å². The molecule has 2 N–H and O–H groups in total. The number of nitrogens with zero attached hydrogens (tertiary/aromatic N) is 3. The molecule has 5 rings (SSSR count). The molecule has 2 aromatic heterocycles. The maximum atomic E-state index is 13.0. The molecule has 0 spiro atoms. The van der Waals surface area contributed by atoms with Crippen LogP contribution in [0, 0.1) is 0 Å². The predicted molar refractivity (Wildman–Crippen MR) is 142 cm³/mol. The second-order valence-corrected chi connectivity index (χ2v) is 10.1. The number of aromatic nitrogens is 2. The van der Waals surface area contributed by atoms with Crippen molar-refractivity contribution >= 4 is 39.4 Å². The SMILES string of the molecule is CN(C)Cc1c[nH]c2ccc(-c3csc(NC(=O)C4CCCN4C(=O)OCc4ccccc4)n3)cc12. The lowest BCUT2D eigenvalue weighted by Crippen LogP contribution is -2.43. The molecular formula is C27H29N5O3S. The van der Waals surface area contributed by atoms with Crippen molar-refractivity contribution in [3.05, 3.63) is 71.2 Å². The van der Waals surface area contributed by atoms with Gasteiger partial charge >= 0.3 is 6.09 Å². The fourth-order valence-corrected chi connectivity index (χ4v) is 5.24. The fourth-order valence-electron chi connectivity index (χ4n) is 4.52. The van der Waals surface area contributed by atoms with Gasteiger partial charge in [0, 0.05) is 41.1 Å². The molecule has 0 radical (unpaired) electrons. The van der Waals surface area contributed by atoms with Crippen molar-refractivity contribution in [2.24, 2.45) is 0 Å². The summed E-state index contributed by atoms with van der Waals surface area (Å²) in [6, 6.07) is 15.2. The Morgan fingerprint density at radius 1 is 1.22 bits per heavy atom. The third-order valence-corrected chi connectivity index (χ3v) is 7.04. The Morgan fingerprint density at radius 2 is 2.06 bits per heavy atom. The molecule has 1 fully saturated rings. The average molecular weight is 504 g/mol. The molecule has 8 nitrogen and oxygen atoms in total. The van der Waals surface area contributed by atoms with E-state index in [0.717, 1.165) is 40.7 Å². The summed E-state index contributed by atoms with van der Waals surface area (Å²) in [5, 5.41) is 6.53. The van der Waals surface area contributed by atoms with E-state index in [1.54, 1.807) is 0 Å². The number of hydrogen-bond donors (Lipinski definition) is 2. The summed E-state index contributed by atoms with van der Waals surface area (Å²) in [5.41, 5.74) is 5.01. The van der Waals surface area contributed by atoms with Gasteiger partial charge in [0.2, 0.25) is 5.91 Å². The normalized spacial score (nSPS) is 15.5. The van der Waals surface area contributed by atoms with E-state index in [-0.39, 0.29) is 12.5 Å². The number of ether oxygens (including phenoxy) is 1. The number of carbonyl (C=O) groups excluding carboxylic acids is 2. The van der Waals surface area contributed by atoms with Crippen LogP contribution in [0.5, 0.6) is 0 Å². The third-order valence-electron chi connectivity index (χ3n) is 6.28. The van der Waals surface area contributed by atoms with Crippen molar-refractivity contribution in [1.29, 1.82) is 0 Å². The van der Waals surface area contributed by atoms with Crippen LogP contribution < -0.4 is 5.32 Å². The van der Waals surface area contributed by atoms with Gasteiger partial charge < -0.3 is 19.9 Å². The minimum absolute atomic E-state index is 0.183. The number of anilines is 1. The van der Waals surface area contributed by atoms with E-state index in [9.17, 15) is 9.59 Å². The van der Waals surface area contributed by atoms with Gasteiger partial charge in [-0.2, -0.15) is 0 Å². The third kappa shape index (κ3) is 5.27. The zero-order valence-corrected chi connectivity index (χ0v) is 21.2. The lowest BCUT2D eigenvalue weighted by atomic mass is 10.1. The van der Waals surface area contributed by atoms with E-state index >= 15 is 0 Å². The molecule has 1 saturated heterocycles. The zero-order chi connectivity index (χ0) is 25.1. The minimum atomic E-state index is -0.564. The predicted octanol–water partition coefficient (Wildman–Crippen LogP) is 5.09. The molecule has 9 heteroatoms. The Hall–Kier alpha value is -3.69. The van der Waals surface area contributed by atoms with Crippen molar-refractivity contribution in [2.75, 3.05) is 26.0 Å². The quantitative estimate of drug-likeness (QED) is 0.367. The van der Waals surface area contributed by atoms with Gasteiger partial charge in [0.05, 0.1) is 5.69 Å². The van der Waals surface area contributed by atoms with Gasteiger partial charge in [0.25, 0.3) is 0 Å². The molecule has 0 aliphatic carbocycles. The zero-order valence-electron chi connectivity index (χ0n) is 20.4. The molecule has 2 aromatic carbocycles. The monoisotopic (exact) mass is 503 g/mol. The molecule has 3 heterocycles. The number of hydrogen-bond acceptors (Lipinski definition) is 6. The van der Waals surface area contributed by atoms with E-state index in [4.69, 9.17) is 4.74 Å².